The summed E-state index contributed by atoms with van der Waals surface area (Å²) in [6.07, 6.45) is 4.94. The van der Waals surface area contributed by atoms with Gasteiger partial charge in [-0.25, -0.2) is 9.59 Å². The fourth-order valence-electron chi connectivity index (χ4n) is 4.04. The summed E-state index contributed by atoms with van der Waals surface area (Å²) >= 11 is 6.36. The summed E-state index contributed by atoms with van der Waals surface area (Å²) in [6, 6.07) is 3.14. The van der Waals surface area contributed by atoms with Gasteiger partial charge in [0.15, 0.2) is 0 Å². The number of nitrogens with one attached hydrogen (secondary N) is 2. The van der Waals surface area contributed by atoms with E-state index in [1.807, 2.05) is 6.92 Å². The molecule has 1 aliphatic heterocycles. The minimum absolute atomic E-state index is 0.225. The molecule has 32 heavy (non-hydrogen) atoms. The molecule has 1 fully saturated rings. The fraction of sp³-hybridized carbons (Fsp3) is 0.565. The van der Waals surface area contributed by atoms with Crippen LogP contribution >= 0.6 is 11.6 Å². The minimum atomic E-state index is -1.21. The number of aliphatic hydroxyl groups excluding tert-OH is 1. The number of hydrogen-bond donors (Lipinski definition) is 4. The molecular formula is C23H32ClN3O5. The lowest BCUT2D eigenvalue weighted by Gasteiger charge is -2.30. The van der Waals surface area contributed by atoms with Crippen LogP contribution in [0.3, 0.4) is 0 Å². The molecule has 2 amide bonds. The Morgan fingerprint density at radius 3 is 2.66 bits per heavy atom. The minimum Gasteiger partial charge on any atom is -0.462 e. The average molecular weight is 466 g/mol. The van der Waals surface area contributed by atoms with Gasteiger partial charge in [-0.15, -0.1) is 0 Å². The smallest absolute Gasteiger partial charge is 0.338 e. The van der Waals surface area contributed by atoms with Crippen LogP contribution in [0.25, 0.3) is 0 Å². The average Bonchev–Trinajstić information content (AvgIpc) is 2.78. The number of aliphatic hydroxyl groups is 1. The molecule has 0 radical (unpaired) electrons. The number of urea groups is 1. The topological polar surface area (TPSA) is 123 Å². The largest absolute Gasteiger partial charge is 0.462 e. The summed E-state index contributed by atoms with van der Waals surface area (Å²) in [4.78, 5) is 25.3. The van der Waals surface area contributed by atoms with Crippen molar-refractivity contribution in [2.45, 2.75) is 70.7 Å². The number of amides is 2. The molecular weight excluding hydrogens is 434 g/mol. The summed E-state index contributed by atoms with van der Waals surface area (Å²) in [6.45, 7) is 3.86. The van der Waals surface area contributed by atoms with E-state index < -0.39 is 30.4 Å². The van der Waals surface area contributed by atoms with E-state index in [1.54, 1.807) is 25.1 Å². The summed E-state index contributed by atoms with van der Waals surface area (Å²) in [5.74, 6) is 0.181. The van der Waals surface area contributed by atoms with Crippen molar-refractivity contribution in [2.24, 2.45) is 11.7 Å². The molecule has 1 aromatic rings. The number of halogens is 1. The summed E-state index contributed by atoms with van der Waals surface area (Å²) in [5.41, 5.74) is 7.12. The summed E-state index contributed by atoms with van der Waals surface area (Å²) < 4.78 is 11.1. The molecule has 5 N–H and O–H groups in total. The van der Waals surface area contributed by atoms with E-state index >= 15 is 0 Å². The Labute approximate surface area is 193 Å². The molecule has 1 saturated carbocycles. The molecule has 1 aliphatic carbocycles. The van der Waals surface area contributed by atoms with Gasteiger partial charge in [-0.05, 0) is 49.8 Å². The normalized spacial score (nSPS) is 21.4. The van der Waals surface area contributed by atoms with Crippen molar-refractivity contribution in [3.05, 3.63) is 40.1 Å². The van der Waals surface area contributed by atoms with Crippen LogP contribution in [0.15, 0.2) is 29.5 Å². The fourth-order valence-corrected chi connectivity index (χ4v) is 4.28. The Morgan fingerprint density at radius 1 is 1.31 bits per heavy atom. The van der Waals surface area contributed by atoms with Crippen LogP contribution in [0.2, 0.25) is 5.02 Å². The predicted octanol–water partition coefficient (Wildman–Crippen LogP) is 3.53. The van der Waals surface area contributed by atoms with Crippen molar-refractivity contribution in [3.8, 4) is 5.75 Å². The summed E-state index contributed by atoms with van der Waals surface area (Å²) in [5, 5.41) is 15.6. The van der Waals surface area contributed by atoms with Gasteiger partial charge in [-0.1, -0.05) is 43.9 Å². The first-order valence-electron chi connectivity index (χ1n) is 11.2. The zero-order valence-corrected chi connectivity index (χ0v) is 19.3. The van der Waals surface area contributed by atoms with Crippen molar-refractivity contribution in [3.63, 3.8) is 0 Å². The van der Waals surface area contributed by atoms with Gasteiger partial charge in [0.2, 0.25) is 6.29 Å². The van der Waals surface area contributed by atoms with Gasteiger partial charge in [-0.2, -0.15) is 0 Å². The predicted molar refractivity (Wildman–Crippen MR) is 121 cm³/mol. The first-order chi connectivity index (χ1) is 15.3. The quantitative estimate of drug-likeness (QED) is 0.344. The second kappa shape index (κ2) is 11.0. The van der Waals surface area contributed by atoms with Crippen molar-refractivity contribution in [1.29, 1.82) is 0 Å². The third-order valence-electron chi connectivity index (χ3n) is 5.89. The second-order valence-electron chi connectivity index (χ2n) is 8.44. The Kier molecular flexibility index (Phi) is 8.39. The molecule has 9 heteroatoms. The van der Waals surface area contributed by atoms with E-state index in [1.165, 1.54) is 6.42 Å². The van der Waals surface area contributed by atoms with Crippen molar-refractivity contribution in [1.82, 2.24) is 10.6 Å². The van der Waals surface area contributed by atoms with E-state index in [0.29, 0.717) is 35.8 Å². The van der Waals surface area contributed by atoms with E-state index in [2.05, 4.69) is 10.6 Å². The Hall–Kier alpha value is -2.29. The molecule has 0 saturated heterocycles. The molecule has 176 valence electrons. The van der Waals surface area contributed by atoms with Crippen LogP contribution in [0.4, 0.5) is 4.79 Å². The number of benzene rings is 1. The van der Waals surface area contributed by atoms with E-state index in [-0.39, 0.29) is 10.8 Å². The highest BCUT2D eigenvalue weighted by Crippen LogP contribution is 2.34. The van der Waals surface area contributed by atoms with Gasteiger partial charge in [-0.3, -0.25) is 0 Å². The van der Waals surface area contributed by atoms with Gasteiger partial charge in [0, 0.05) is 5.70 Å². The van der Waals surface area contributed by atoms with Crippen molar-refractivity contribution >= 4 is 23.6 Å². The second-order valence-corrected chi connectivity index (χ2v) is 8.84. The summed E-state index contributed by atoms with van der Waals surface area (Å²) in [7, 11) is 0. The first kappa shape index (κ1) is 24.4. The Bertz CT molecular complexity index is 867. The number of esters is 1. The number of carbonyl (C=O) groups excluding carboxylic acids is 2. The Balaban J connectivity index is 1.83. The maximum Gasteiger partial charge on any atom is 0.338 e. The molecule has 3 rings (SSSR count). The Morgan fingerprint density at radius 2 is 2.03 bits per heavy atom. The number of ether oxygens (including phenoxy) is 2. The SMILES string of the molecule is CCC1=C(C(=O)OCC2CCCCC2)C(c2ccc(OC(O)[C@H](C)N)c(Cl)c2)NC(=O)N1. The zero-order valence-electron chi connectivity index (χ0n) is 18.5. The van der Waals surface area contributed by atoms with Crippen LogP contribution in [0, 0.1) is 5.92 Å². The molecule has 0 spiro atoms. The maximum atomic E-state index is 13.1. The monoisotopic (exact) mass is 465 g/mol. The molecule has 1 heterocycles. The van der Waals surface area contributed by atoms with E-state index in [9.17, 15) is 14.7 Å². The van der Waals surface area contributed by atoms with Gasteiger partial charge in [0.25, 0.3) is 0 Å². The molecule has 0 aromatic heterocycles. The number of rotatable bonds is 8. The molecule has 2 aliphatic rings. The number of carbonyl (C=O) groups is 2. The molecule has 0 bridgehead atoms. The highest BCUT2D eigenvalue weighted by atomic mass is 35.5. The zero-order chi connectivity index (χ0) is 23.3. The van der Waals surface area contributed by atoms with E-state index in [0.717, 1.165) is 25.7 Å². The van der Waals surface area contributed by atoms with E-state index in [4.69, 9.17) is 26.8 Å². The number of allylic oxidation sites excluding steroid dienone is 1. The molecule has 8 nitrogen and oxygen atoms in total. The highest BCUT2D eigenvalue weighted by molar-refractivity contribution is 6.32. The van der Waals surface area contributed by atoms with Crippen molar-refractivity contribution < 1.29 is 24.2 Å². The third-order valence-corrected chi connectivity index (χ3v) is 6.18. The van der Waals surface area contributed by atoms with Crippen LogP contribution in [-0.4, -0.2) is 36.0 Å². The van der Waals surface area contributed by atoms with Crippen molar-refractivity contribution in [2.75, 3.05) is 6.61 Å². The number of nitrogens with two attached hydrogens (primary N) is 1. The van der Waals surface area contributed by atoms with Gasteiger partial charge < -0.3 is 30.9 Å². The molecule has 2 unspecified atom stereocenters. The van der Waals surface area contributed by atoms with Crippen LogP contribution in [0.1, 0.15) is 64.0 Å². The highest BCUT2D eigenvalue weighted by Gasteiger charge is 2.34. The lowest BCUT2D eigenvalue weighted by atomic mass is 9.90. The van der Waals surface area contributed by atoms with Gasteiger partial charge in [0.05, 0.1) is 29.3 Å². The third kappa shape index (κ3) is 5.94. The molecule has 3 atom stereocenters. The molecule has 1 aromatic carbocycles. The standard InChI is InChI=1S/C23H32ClN3O5/c1-3-17-19(22(29)31-12-14-7-5-4-6-8-14)20(27-23(30)26-17)15-9-10-18(16(24)11-15)32-21(28)13(2)25/h9-11,13-14,20-21,28H,3-8,12,25H2,1-2H3,(H2,26,27,30)/t13-,20?,21?/m0/s1. The first-order valence-corrected chi connectivity index (χ1v) is 11.5. The van der Waals surface area contributed by atoms with Crippen LogP contribution in [0.5, 0.6) is 5.75 Å². The number of hydrogen-bond acceptors (Lipinski definition) is 6. The lowest BCUT2D eigenvalue weighted by Crippen LogP contribution is -2.46. The van der Waals surface area contributed by atoms with Crippen LogP contribution in [-0.2, 0) is 9.53 Å². The lowest BCUT2D eigenvalue weighted by molar-refractivity contribution is -0.141. The van der Waals surface area contributed by atoms with Crippen LogP contribution < -0.4 is 21.1 Å². The van der Waals surface area contributed by atoms with Gasteiger partial charge >= 0.3 is 12.0 Å². The maximum absolute atomic E-state index is 13.1. The van der Waals surface area contributed by atoms with Gasteiger partial charge in [0.1, 0.15) is 5.75 Å².